The Bertz CT molecular complexity index is 303. The predicted octanol–water partition coefficient (Wildman–Crippen LogP) is 2.54. The van der Waals surface area contributed by atoms with Crippen LogP contribution in [0.15, 0.2) is 24.3 Å². The molecule has 2 nitrogen and oxygen atoms in total. The lowest BCUT2D eigenvalue weighted by atomic mass is 9.91. The molecule has 0 saturated carbocycles. The molecule has 2 unspecified atom stereocenters. The molecule has 3 N–H and O–H groups in total. The van der Waals surface area contributed by atoms with Gasteiger partial charge in [0.1, 0.15) is 0 Å². The Kier molecular flexibility index (Phi) is 5.09. The van der Waals surface area contributed by atoms with E-state index in [9.17, 15) is 5.11 Å². The van der Waals surface area contributed by atoms with Gasteiger partial charge >= 0.3 is 0 Å². The average molecular weight is 228 g/mol. The average Bonchev–Trinajstić information content (AvgIpc) is 2.25. The summed E-state index contributed by atoms with van der Waals surface area (Å²) >= 11 is 5.93. The SMILES string of the molecule is CCC(CC(O)CN)c1cccc(Cl)c1. The maximum absolute atomic E-state index is 9.53. The minimum Gasteiger partial charge on any atom is -0.392 e. The lowest BCUT2D eigenvalue weighted by Gasteiger charge is -2.18. The zero-order valence-electron chi connectivity index (χ0n) is 8.99. The zero-order chi connectivity index (χ0) is 11.3. The minimum atomic E-state index is -0.422. The predicted molar refractivity (Wildman–Crippen MR) is 64.2 cm³/mol. The lowest BCUT2D eigenvalue weighted by Crippen LogP contribution is -2.22. The Labute approximate surface area is 96.1 Å². The summed E-state index contributed by atoms with van der Waals surface area (Å²) < 4.78 is 0. The molecule has 0 heterocycles. The van der Waals surface area contributed by atoms with Crippen LogP contribution in [0.1, 0.15) is 31.2 Å². The van der Waals surface area contributed by atoms with E-state index in [1.165, 1.54) is 5.56 Å². The van der Waals surface area contributed by atoms with E-state index in [-0.39, 0.29) is 0 Å². The highest BCUT2D eigenvalue weighted by atomic mass is 35.5. The first-order chi connectivity index (χ1) is 7.17. The molecule has 0 aromatic heterocycles. The van der Waals surface area contributed by atoms with Crippen molar-refractivity contribution in [3.63, 3.8) is 0 Å². The maximum atomic E-state index is 9.53. The van der Waals surface area contributed by atoms with Gasteiger partial charge in [0.15, 0.2) is 0 Å². The summed E-state index contributed by atoms with van der Waals surface area (Å²) in [7, 11) is 0. The topological polar surface area (TPSA) is 46.2 Å². The molecule has 1 aromatic rings. The van der Waals surface area contributed by atoms with E-state index < -0.39 is 6.10 Å². The van der Waals surface area contributed by atoms with Gasteiger partial charge in [0.2, 0.25) is 0 Å². The van der Waals surface area contributed by atoms with Gasteiger partial charge in [-0.2, -0.15) is 0 Å². The van der Waals surface area contributed by atoms with Crippen molar-refractivity contribution in [3.05, 3.63) is 34.9 Å². The lowest BCUT2D eigenvalue weighted by molar-refractivity contribution is 0.162. The number of halogens is 1. The van der Waals surface area contributed by atoms with Gasteiger partial charge in [-0.3, -0.25) is 0 Å². The Hall–Kier alpha value is -0.570. The molecular weight excluding hydrogens is 210 g/mol. The molecule has 0 fully saturated rings. The maximum Gasteiger partial charge on any atom is 0.0668 e. The van der Waals surface area contributed by atoms with Crippen LogP contribution in [0, 0.1) is 0 Å². The molecule has 15 heavy (non-hydrogen) atoms. The van der Waals surface area contributed by atoms with E-state index in [0.29, 0.717) is 18.9 Å². The molecule has 0 aliphatic carbocycles. The molecule has 0 aliphatic heterocycles. The highest BCUT2D eigenvalue weighted by Gasteiger charge is 2.13. The molecule has 0 aliphatic rings. The van der Waals surface area contributed by atoms with Crippen molar-refractivity contribution in [2.24, 2.45) is 5.73 Å². The molecule has 84 valence electrons. The second kappa shape index (κ2) is 6.11. The standard InChI is InChI=1S/C12H18ClNO/c1-2-9(7-12(15)8-14)10-4-3-5-11(13)6-10/h3-6,9,12,15H,2,7-8,14H2,1H3. The van der Waals surface area contributed by atoms with Gasteiger partial charge in [-0.25, -0.2) is 0 Å². The van der Waals surface area contributed by atoms with Gasteiger partial charge in [0.25, 0.3) is 0 Å². The second-order valence-electron chi connectivity index (χ2n) is 3.79. The molecule has 0 spiro atoms. The fourth-order valence-corrected chi connectivity index (χ4v) is 1.92. The molecule has 1 rings (SSSR count). The van der Waals surface area contributed by atoms with E-state index in [1.54, 1.807) is 0 Å². The summed E-state index contributed by atoms with van der Waals surface area (Å²) in [6, 6.07) is 7.80. The van der Waals surface area contributed by atoms with Crippen LogP contribution in [0.25, 0.3) is 0 Å². The molecule has 0 bridgehead atoms. The van der Waals surface area contributed by atoms with Crippen LogP contribution in [0.4, 0.5) is 0 Å². The summed E-state index contributed by atoms with van der Waals surface area (Å²) in [5, 5.41) is 10.3. The van der Waals surface area contributed by atoms with E-state index in [2.05, 4.69) is 6.92 Å². The summed E-state index contributed by atoms with van der Waals surface area (Å²) in [5.41, 5.74) is 6.59. The summed E-state index contributed by atoms with van der Waals surface area (Å²) in [4.78, 5) is 0. The van der Waals surface area contributed by atoms with Crippen LogP contribution in [-0.2, 0) is 0 Å². The Morgan fingerprint density at radius 3 is 2.73 bits per heavy atom. The normalized spacial score (nSPS) is 14.9. The third kappa shape index (κ3) is 3.82. The van der Waals surface area contributed by atoms with E-state index in [0.717, 1.165) is 11.4 Å². The molecule has 0 amide bonds. The molecule has 1 aromatic carbocycles. The van der Waals surface area contributed by atoms with Crippen molar-refractivity contribution in [3.8, 4) is 0 Å². The molecular formula is C12H18ClNO. The largest absolute Gasteiger partial charge is 0.392 e. The number of benzene rings is 1. The first-order valence-electron chi connectivity index (χ1n) is 5.31. The van der Waals surface area contributed by atoms with Crippen LogP contribution in [-0.4, -0.2) is 17.8 Å². The number of aliphatic hydroxyl groups excluding tert-OH is 1. The number of hydrogen-bond donors (Lipinski definition) is 2. The number of nitrogens with two attached hydrogens (primary N) is 1. The van der Waals surface area contributed by atoms with Crippen LogP contribution >= 0.6 is 11.6 Å². The molecule has 2 atom stereocenters. The molecule has 0 radical (unpaired) electrons. The molecule has 0 saturated heterocycles. The van der Waals surface area contributed by atoms with Crippen molar-refractivity contribution >= 4 is 11.6 Å². The highest BCUT2D eigenvalue weighted by molar-refractivity contribution is 6.30. The van der Waals surface area contributed by atoms with Gasteiger partial charge in [0, 0.05) is 11.6 Å². The fourth-order valence-electron chi connectivity index (χ4n) is 1.72. The first-order valence-corrected chi connectivity index (χ1v) is 5.68. The van der Waals surface area contributed by atoms with E-state index in [4.69, 9.17) is 17.3 Å². The van der Waals surface area contributed by atoms with E-state index >= 15 is 0 Å². The van der Waals surface area contributed by atoms with Gasteiger partial charge < -0.3 is 10.8 Å². The van der Waals surface area contributed by atoms with Gasteiger partial charge in [-0.15, -0.1) is 0 Å². The summed E-state index contributed by atoms with van der Waals surface area (Å²) in [6.07, 6.45) is 1.26. The fraction of sp³-hybridized carbons (Fsp3) is 0.500. The third-order valence-corrected chi connectivity index (χ3v) is 2.88. The van der Waals surface area contributed by atoms with E-state index in [1.807, 2.05) is 24.3 Å². The van der Waals surface area contributed by atoms with Crippen molar-refractivity contribution in [1.82, 2.24) is 0 Å². The minimum absolute atomic E-state index is 0.317. The number of rotatable bonds is 5. The van der Waals surface area contributed by atoms with Crippen molar-refractivity contribution < 1.29 is 5.11 Å². The van der Waals surface area contributed by atoms with Gasteiger partial charge in [-0.05, 0) is 36.5 Å². The first kappa shape index (κ1) is 12.5. The highest BCUT2D eigenvalue weighted by Crippen LogP contribution is 2.26. The van der Waals surface area contributed by atoms with Crippen molar-refractivity contribution in [2.45, 2.75) is 31.8 Å². The monoisotopic (exact) mass is 227 g/mol. The second-order valence-corrected chi connectivity index (χ2v) is 4.22. The van der Waals surface area contributed by atoms with Crippen LogP contribution < -0.4 is 5.73 Å². The smallest absolute Gasteiger partial charge is 0.0668 e. The van der Waals surface area contributed by atoms with Crippen molar-refractivity contribution in [1.29, 1.82) is 0 Å². The number of hydrogen-bond acceptors (Lipinski definition) is 2. The van der Waals surface area contributed by atoms with Crippen LogP contribution in [0.2, 0.25) is 5.02 Å². The van der Waals surface area contributed by atoms with Gasteiger partial charge in [0.05, 0.1) is 6.10 Å². The Morgan fingerprint density at radius 2 is 2.20 bits per heavy atom. The Balaban J connectivity index is 2.73. The van der Waals surface area contributed by atoms with Crippen LogP contribution in [0.3, 0.4) is 0 Å². The zero-order valence-corrected chi connectivity index (χ0v) is 9.74. The van der Waals surface area contributed by atoms with Crippen molar-refractivity contribution in [2.75, 3.05) is 6.54 Å². The Morgan fingerprint density at radius 1 is 1.47 bits per heavy atom. The summed E-state index contributed by atoms with van der Waals surface area (Å²) in [5.74, 6) is 0.335. The third-order valence-electron chi connectivity index (χ3n) is 2.64. The quantitative estimate of drug-likeness (QED) is 0.812. The van der Waals surface area contributed by atoms with Crippen LogP contribution in [0.5, 0.6) is 0 Å². The van der Waals surface area contributed by atoms with Gasteiger partial charge in [-0.1, -0.05) is 30.7 Å². The molecule has 3 heteroatoms. The summed E-state index contributed by atoms with van der Waals surface area (Å²) in [6.45, 7) is 2.42. The number of aliphatic hydroxyl groups is 1.